The predicted octanol–water partition coefficient (Wildman–Crippen LogP) is 4.24. The molecule has 0 fully saturated rings. The number of pyridine rings is 1. The molecule has 1 unspecified atom stereocenters. The van der Waals surface area contributed by atoms with Gasteiger partial charge in [0.2, 0.25) is 5.95 Å². The number of halogens is 3. The first-order valence-corrected chi connectivity index (χ1v) is 10.4. The highest BCUT2D eigenvalue weighted by atomic mass is 19.4. The van der Waals surface area contributed by atoms with Crippen molar-refractivity contribution in [2.75, 3.05) is 5.73 Å². The molecule has 12 heteroatoms. The molecule has 9 nitrogen and oxygen atoms in total. The van der Waals surface area contributed by atoms with Gasteiger partial charge in [-0.15, -0.1) is 18.3 Å². The monoisotopic (exact) mass is 481 g/mol. The van der Waals surface area contributed by atoms with Crippen LogP contribution in [-0.2, 0) is 0 Å². The molecule has 1 amide bonds. The van der Waals surface area contributed by atoms with Gasteiger partial charge in [-0.1, -0.05) is 18.2 Å². The number of nitrogens with zero attached hydrogens (tertiary/aromatic N) is 4. The Hall–Kier alpha value is -4.61. The van der Waals surface area contributed by atoms with Gasteiger partial charge in [-0.05, 0) is 42.8 Å². The van der Waals surface area contributed by atoms with Crippen molar-refractivity contribution in [1.29, 1.82) is 0 Å². The number of rotatable bonds is 5. The number of anilines is 1. The van der Waals surface area contributed by atoms with Gasteiger partial charge in [-0.3, -0.25) is 4.79 Å². The molecule has 0 aliphatic rings. The maximum Gasteiger partial charge on any atom is 0.573 e. The van der Waals surface area contributed by atoms with Gasteiger partial charge in [0.15, 0.2) is 5.65 Å². The van der Waals surface area contributed by atoms with Gasteiger partial charge in [0.25, 0.3) is 5.91 Å². The third-order valence-corrected chi connectivity index (χ3v) is 5.41. The van der Waals surface area contributed by atoms with Crippen LogP contribution in [0.25, 0.3) is 27.8 Å². The van der Waals surface area contributed by atoms with Crippen molar-refractivity contribution in [2.24, 2.45) is 0 Å². The van der Waals surface area contributed by atoms with Crippen LogP contribution in [0.1, 0.15) is 28.9 Å². The average Bonchev–Trinajstić information content (AvgIpc) is 3.42. The molecule has 2 aromatic carbocycles. The number of aromatic nitrogens is 5. The Bertz CT molecular complexity index is 1560. The van der Waals surface area contributed by atoms with E-state index in [4.69, 9.17) is 5.73 Å². The molecule has 0 spiro atoms. The topological polar surface area (TPSA) is 123 Å². The minimum Gasteiger partial charge on any atom is -0.405 e. The Labute approximate surface area is 195 Å². The summed E-state index contributed by atoms with van der Waals surface area (Å²) in [6.07, 6.45) is -1.65. The molecular formula is C23H18F3N7O2. The van der Waals surface area contributed by atoms with Gasteiger partial charge in [0.1, 0.15) is 5.75 Å². The lowest BCUT2D eigenvalue weighted by atomic mass is 10.0. The van der Waals surface area contributed by atoms with E-state index in [0.29, 0.717) is 27.8 Å². The van der Waals surface area contributed by atoms with Crippen LogP contribution < -0.4 is 15.8 Å². The molecule has 0 aliphatic carbocycles. The number of benzene rings is 2. The van der Waals surface area contributed by atoms with E-state index < -0.39 is 18.3 Å². The second-order valence-corrected chi connectivity index (χ2v) is 7.79. The van der Waals surface area contributed by atoms with E-state index in [0.717, 1.165) is 5.56 Å². The summed E-state index contributed by atoms with van der Waals surface area (Å²) in [6.45, 7) is 1.58. The molecule has 0 radical (unpaired) electrons. The Morgan fingerprint density at radius 1 is 1.20 bits per heavy atom. The summed E-state index contributed by atoms with van der Waals surface area (Å²) in [6, 6.07) is 11.7. The molecule has 3 heterocycles. The van der Waals surface area contributed by atoms with Gasteiger partial charge in [0.05, 0.1) is 23.4 Å². The normalized spacial score (nSPS) is 12.7. The maximum absolute atomic E-state index is 13.1. The zero-order valence-electron chi connectivity index (χ0n) is 18.2. The third-order valence-electron chi connectivity index (χ3n) is 5.41. The zero-order chi connectivity index (χ0) is 24.7. The number of fused-ring (bicyclic) bond motifs is 2. The van der Waals surface area contributed by atoms with Crippen LogP contribution in [0, 0.1) is 0 Å². The molecular weight excluding hydrogens is 463 g/mol. The molecule has 35 heavy (non-hydrogen) atoms. The smallest absolute Gasteiger partial charge is 0.405 e. The molecule has 0 saturated heterocycles. The number of para-hydroxylation sites is 1. The predicted molar refractivity (Wildman–Crippen MR) is 121 cm³/mol. The van der Waals surface area contributed by atoms with Gasteiger partial charge in [-0.25, -0.2) is 9.50 Å². The van der Waals surface area contributed by atoms with Crippen LogP contribution in [0.2, 0.25) is 0 Å². The molecule has 0 bridgehead atoms. The van der Waals surface area contributed by atoms with E-state index >= 15 is 0 Å². The summed E-state index contributed by atoms with van der Waals surface area (Å²) in [5, 5.41) is 6.80. The number of H-pyrrole nitrogens is 1. The van der Waals surface area contributed by atoms with E-state index in [-0.39, 0.29) is 17.3 Å². The summed E-state index contributed by atoms with van der Waals surface area (Å²) < 4.78 is 44.0. The lowest BCUT2D eigenvalue weighted by Gasteiger charge is -2.19. The molecule has 5 aromatic rings. The fraction of sp³-hybridized carbons (Fsp3) is 0.130. The SMILES string of the molecule is CC(NC(=O)c1cc(-c2ccn3nc(N)nc3c2)c2nc[nH]c2c1)c1ccccc1OC(F)(F)F. The Morgan fingerprint density at radius 2 is 2.00 bits per heavy atom. The molecule has 5 rings (SSSR count). The maximum atomic E-state index is 13.1. The van der Waals surface area contributed by atoms with Crippen molar-refractivity contribution in [2.45, 2.75) is 19.3 Å². The Balaban J connectivity index is 1.48. The number of carbonyl (C=O) groups excluding carboxylic acids is 1. The first-order valence-electron chi connectivity index (χ1n) is 10.4. The number of amides is 1. The first-order chi connectivity index (χ1) is 16.7. The van der Waals surface area contributed by atoms with Crippen LogP contribution in [-0.4, -0.2) is 36.8 Å². The summed E-state index contributed by atoms with van der Waals surface area (Å²) in [5.41, 5.74) is 9.31. The molecule has 1 atom stereocenters. The Kier molecular flexibility index (Phi) is 5.27. The van der Waals surface area contributed by atoms with Crippen LogP contribution in [0.3, 0.4) is 0 Å². The number of nitrogens with two attached hydrogens (primary N) is 1. The van der Waals surface area contributed by atoms with Crippen LogP contribution in [0.15, 0.2) is 61.1 Å². The van der Waals surface area contributed by atoms with E-state index in [2.05, 4.69) is 30.1 Å². The minimum atomic E-state index is -4.85. The lowest BCUT2D eigenvalue weighted by Crippen LogP contribution is -2.28. The van der Waals surface area contributed by atoms with Crippen molar-refractivity contribution in [3.8, 4) is 16.9 Å². The van der Waals surface area contributed by atoms with Crippen molar-refractivity contribution >= 4 is 28.5 Å². The fourth-order valence-corrected chi connectivity index (χ4v) is 3.88. The highest BCUT2D eigenvalue weighted by Gasteiger charge is 2.32. The summed E-state index contributed by atoms with van der Waals surface area (Å²) >= 11 is 0. The van der Waals surface area contributed by atoms with Gasteiger partial charge < -0.3 is 20.8 Å². The second kappa shape index (κ2) is 8.31. The Morgan fingerprint density at radius 3 is 2.80 bits per heavy atom. The number of hydrogen-bond acceptors (Lipinski definition) is 6. The largest absolute Gasteiger partial charge is 0.573 e. The number of ether oxygens (including phenoxy) is 1. The number of carbonyl (C=O) groups is 1. The average molecular weight is 481 g/mol. The highest BCUT2D eigenvalue weighted by molar-refractivity contribution is 6.02. The standard InChI is InChI=1S/C23H18F3N7O2/c1-12(15-4-2-3-5-18(15)35-23(24,25)26)30-21(34)14-8-16(20-17(9-14)28-11-29-20)13-6-7-33-19(10-13)31-22(27)32-33/h2-12H,1H3,(H2,27,32)(H,28,29)(H,30,34). The minimum absolute atomic E-state index is 0.129. The van der Waals surface area contributed by atoms with E-state index in [1.807, 2.05) is 0 Å². The lowest BCUT2D eigenvalue weighted by molar-refractivity contribution is -0.275. The number of aromatic amines is 1. The van der Waals surface area contributed by atoms with Gasteiger partial charge >= 0.3 is 6.36 Å². The van der Waals surface area contributed by atoms with Crippen LogP contribution >= 0.6 is 0 Å². The zero-order valence-corrected chi connectivity index (χ0v) is 18.2. The summed E-state index contributed by atoms with van der Waals surface area (Å²) in [5.74, 6) is -0.729. The molecule has 4 N–H and O–H groups in total. The molecule has 0 aliphatic heterocycles. The number of nitrogens with one attached hydrogen (secondary N) is 2. The quantitative estimate of drug-likeness (QED) is 0.345. The third kappa shape index (κ3) is 4.45. The van der Waals surface area contributed by atoms with Crippen molar-refractivity contribution in [3.63, 3.8) is 0 Å². The number of alkyl halides is 3. The van der Waals surface area contributed by atoms with E-state index in [9.17, 15) is 18.0 Å². The van der Waals surface area contributed by atoms with Crippen LogP contribution in [0.5, 0.6) is 5.75 Å². The fourth-order valence-electron chi connectivity index (χ4n) is 3.88. The van der Waals surface area contributed by atoms with Gasteiger partial charge in [0, 0.05) is 22.9 Å². The van der Waals surface area contributed by atoms with Gasteiger partial charge in [-0.2, -0.15) is 4.98 Å². The van der Waals surface area contributed by atoms with Crippen LogP contribution in [0.4, 0.5) is 19.1 Å². The molecule has 3 aromatic heterocycles. The number of nitrogen functional groups attached to an aromatic ring is 1. The molecule has 0 saturated carbocycles. The highest BCUT2D eigenvalue weighted by Crippen LogP contribution is 2.32. The number of hydrogen-bond donors (Lipinski definition) is 3. The van der Waals surface area contributed by atoms with Crippen molar-refractivity contribution in [3.05, 3.63) is 72.2 Å². The van der Waals surface area contributed by atoms with Crippen molar-refractivity contribution < 1.29 is 22.7 Å². The summed E-state index contributed by atoms with van der Waals surface area (Å²) in [7, 11) is 0. The van der Waals surface area contributed by atoms with Crippen molar-refractivity contribution in [1.82, 2.24) is 29.9 Å². The second-order valence-electron chi connectivity index (χ2n) is 7.79. The number of imidazole rings is 1. The van der Waals surface area contributed by atoms with E-state index in [1.165, 1.54) is 29.0 Å². The van der Waals surface area contributed by atoms with E-state index in [1.54, 1.807) is 43.5 Å². The molecule has 178 valence electrons. The first kappa shape index (κ1) is 22.2. The summed E-state index contributed by atoms with van der Waals surface area (Å²) in [4.78, 5) is 24.7.